The van der Waals surface area contributed by atoms with Crippen LogP contribution in [0.25, 0.3) is 0 Å². The van der Waals surface area contributed by atoms with Gasteiger partial charge >= 0.3 is 0 Å². The van der Waals surface area contributed by atoms with Gasteiger partial charge in [-0.2, -0.15) is 0 Å². The maximum atomic E-state index is 5.78. The zero-order valence-corrected chi connectivity index (χ0v) is 12.2. The van der Waals surface area contributed by atoms with Crippen LogP contribution in [-0.2, 0) is 0 Å². The number of hydrogen-bond acceptors (Lipinski definition) is 1. The first-order chi connectivity index (χ1) is 7.86. The fraction of sp³-hybridized carbons (Fsp3) is 0.933. The molecule has 1 nitrogen and oxygen atoms in total. The van der Waals surface area contributed by atoms with Crippen LogP contribution in [0.2, 0.25) is 0 Å². The molecule has 0 aromatic heterocycles. The van der Waals surface area contributed by atoms with E-state index in [2.05, 4.69) is 26.1 Å². The third-order valence-electron chi connectivity index (χ3n) is 5.01. The maximum Gasteiger partial charge on any atom is 0.0820 e. The summed E-state index contributed by atoms with van der Waals surface area (Å²) >= 11 is 5.78. The maximum absolute atomic E-state index is 5.78. The minimum Gasteiger partial charge on any atom is -0.375 e. The Kier molecular flexibility index (Phi) is 2.60. The summed E-state index contributed by atoms with van der Waals surface area (Å²) in [5.74, 6) is 2.96. The van der Waals surface area contributed by atoms with Gasteiger partial charge in [0.1, 0.15) is 0 Å². The molecule has 0 saturated heterocycles. The average molecular weight is 251 g/mol. The van der Waals surface area contributed by atoms with Crippen LogP contribution in [0.3, 0.4) is 0 Å². The Morgan fingerprint density at radius 1 is 1.00 bits per heavy atom. The summed E-state index contributed by atoms with van der Waals surface area (Å²) in [6.07, 6.45) is 8.62. The van der Waals surface area contributed by atoms with E-state index in [0.29, 0.717) is 5.41 Å². The Bertz CT molecular complexity index is 304. The van der Waals surface area contributed by atoms with Crippen molar-refractivity contribution in [3.05, 3.63) is 0 Å². The number of rotatable bonds is 1. The van der Waals surface area contributed by atoms with Crippen LogP contribution in [-0.4, -0.2) is 10.5 Å². The Morgan fingerprint density at radius 2 is 1.41 bits per heavy atom. The van der Waals surface area contributed by atoms with Crippen molar-refractivity contribution < 1.29 is 0 Å². The van der Waals surface area contributed by atoms with Crippen LogP contribution in [0.4, 0.5) is 0 Å². The fourth-order valence-corrected chi connectivity index (χ4v) is 5.42. The molecule has 4 rings (SSSR count). The second kappa shape index (κ2) is 3.69. The van der Waals surface area contributed by atoms with Gasteiger partial charge in [0.25, 0.3) is 0 Å². The molecular weight excluding hydrogens is 226 g/mol. The van der Waals surface area contributed by atoms with Crippen molar-refractivity contribution in [2.24, 2.45) is 23.2 Å². The molecule has 17 heavy (non-hydrogen) atoms. The molecule has 2 heteroatoms. The first-order valence-electron chi connectivity index (χ1n) is 7.19. The lowest BCUT2D eigenvalue weighted by molar-refractivity contribution is -0.0133. The Morgan fingerprint density at radius 3 is 1.76 bits per heavy atom. The molecule has 0 unspecified atom stereocenters. The van der Waals surface area contributed by atoms with Crippen molar-refractivity contribution >= 4 is 17.2 Å². The summed E-state index contributed by atoms with van der Waals surface area (Å²) in [7, 11) is 0. The predicted octanol–water partition coefficient (Wildman–Crippen LogP) is 3.92. The zero-order valence-electron chi connectivity index (χ0n) is 11.4. The van der Waals surface area contributed by atoms with Gasteiger partial charge in [-0.3, -0.25) is 0 Å². The lowest BCUT2D eigenvalue weighted by Crippen LogP contribution is -2.55. The highest BCUT2D eigenvalue weighted by Crippen LogP contribution is 2.60. The molecule has 0 heterocycles. The minimum absolute atomic E-state index is 0.125. The molecule has 4 saturated carbocycles. The molecular formula is C15H25NS. The van der Waals surface area contributed by atoms with Gasteiger partial charge in [0.05, 0.1) is 4.99 Å². The number of hydrogen-bond donors (Lipinski definition) is 1. The second-order valence-corrected chi connectivity index (χ2v) is 8.31. The summed E-state index contributed by atoms with van der Waals surface area (Å²) in [6.45, 7) is 6.67. The molecule has 4 aliphatic carbocycles. The normalized spacial score (nSPS) is 43.8. The molecule has 1 N–H and O–H groups in total. The van der Waals surface area contributed by atoms with Gasteiger partial charge in [-0.05, 0) is 77.0 Å². The van der Waals surface area contributed by atoms with E-state index < -0.39 is 0 Å². The van der Waals surface area contributed by atoms with Gasteiger partial charge < -0.3 is 5.32 Å². The lowest BCUT2D eigenvalue weighted by atomic mass is 9.49. The van der Waals surface area contributed by atoms with E-state index in [-0.39, 0.29) is 5.54 Å². The topological polar surface area (TPSA) is 12.0 Å². The van der Waals surface area contributed by atoms with Crippen LogP contribution < -0.4 is 5.32 Å². The van der Waals surface area contributed by atoms with Crippen LogP contribution in [0.5, 0.6) is 0 Å². The highest BCUT2D eigenvalue weighted by atomic mass is 32.1. The number of nitrogens with one attached hydrogen (secondary N) is 1. The molecule has 4 bridgehead atoms. The van der Waals surface area contributed by atoms with Gasteiger partial charge in [0.15, 0.2) is 0 Å². The molecule has 4 aliphatic rings. The third kappa shape index (κ3) is 2.14. The molecule has 0 amide bonds. The van der Waals surface area contributed by atoms with Crippen molar-refractivity contribution in [1.29, 1.82) is 0 Å². The van der Waals surface area contributed by atoms with E-state index in [9.17, 15) is 0 Å². The fourth-order valence-electron chi connectivity index (χ4n) is 4.86. The standard InChI is InChI=1S/C15H25NS/c1-14(2,3)16-13(17)15-7-10-4-11(8-15)6-12(5-10)9-15/h10-12H,4-9H2,1-3H3,(H,16,17). The second-order valence-electron chi connectivity index (χ2n) is 7.90. The van der Waals surface area contributed by atoms with Crippen LogP contribution >= 0.6 is 12.2 Å². The van der Waals surface area contributed by atoms with E-state index in [1.807, 2.05) is 0 Å². The molecule has 0 aromatic rings. The van der Waals surface area contributed by atoms with Gasteiger partial charge in [0.2, 0.25) is 0 Å². The van der Waals surface area contributed by atoms with Crippen LogP contribution in [0.15, 0.2) is 0 Å². The predicted molar refractivity (Wildman–Crippen MR) is 76.1 cm³/mol. The van der Waals surface area contributed by atoms with E-state index in [1.165, 1.54) is 43.5 Å². The Hall–Kier alpha value is -0.110. The number of thiocarbonyl (C=S) groups is 1. The summed E-state index contributed by atoms with van der Waals surface area (Å²) in [6, 6.07) is 0. The van der Waals surface area contributed by atoms with E-state index in [0.717, 1.165) is 17.8 Å². The molecule has 4 fully saturated rings. The van der Waals surface area contributed by atoms with Gasteiger partial charge in [-0.15, -0.1) is 0 Å². The van der Waals surface area contributed by atoms with Crippen molar-refractivity contribution in [3.8, 4) is 0 Å². The van der Waals surface area contributed by atoms with E-state index >= 15 is 0 Å². The molecule has 96 valence electrons. The van der Waals surface area contributed by atoms with Crippen molar-refractivity contribution in [2.75, 3.05) is 0 Å². The minimum atomic E-state index is 0.125. The first kappa shape index (κ1) is 12.0. The highest BCUT2D eigenvalue weighted by molar-refractivity contribution is 7.80. The van der Waals surface area contributed by atoms with Crippen LogP contribution in [0, 0.1) is 23.2 Å². The largest absolute Gasteiger partial charge is 0.375 e. The first-order valence-corrected chi connectivity index (χ1v) is 7.60. The Balaban J connectivity index is 1.80. The quantitative estimate of drug-likeness (QED) is 0.709. The molecule has 0 atom stereocenters. The van der Waals surface area contributed by atoms with Crippen LogP contribution in [0.1, 0.15) is 59.3 Å². The molecule has 0 aromatic carbocycles. The third-order valence-corrected chi connectivity index (χ3v) is 5.54. The lowest BCUT2D eigenvalue weighted by Gasteiger charge is -2.57. The monoisotopic (exact) mass is 251 g/mol. The smallest absolute Gasteiger partial charge is 0.0820 e. The van der Waals surface area contributed by atoms with Crippen molar-refractivity contribution in [3.63, 3.8) is 0 Å². The van der Waals surface area contributed by atoms with Gasteiger partial charge in [-0.25, -0.2) is 0 Å². The van der Waals surface area contributed by atoms with Crippen molar-refractivity contribution in [1.82, 2.24) is 5.32 Å². The summed E-state index contributed by atoms with van der Waals surface area (Å²) < 4.78 is 0. The molecule has 0 radical (unpaired) electrons. The zero-order chi connectivity index (χ0) is 12.3. The SMILES string of the molecule is CC(C)(C)NC(=S)C12CC3CC(CC(C3)C1)C2. The Labute approximate surface area is 111 Å². The highest BCUT2D eigenvalue weighted by Gasteiger charge is 2.53. The molecule has 0 spiro atoms. The average Bonchev–Trinajstić information content (AvgIpc) is 2.12. The summed E-state index contributed by atoms with van der Waals surface area (Å²) in [5.41, 5.74) is 0.512. The van der Waals surface area contributed by atoms with Gasteiger partial charge in [0, 0.05) is 11.0 Å². The summed E-state index contributed by atoms with van der Waals surface area (Å²) in [4.78, 5) is 1.18. The van der Waals surface area contributed by atoms with Crippen molar-refractivity contribution in [2.45, 2.75) is 64.8 Å². The van der Waals surface area contributed by atoms with E-state index in [4.69, 9.17) is 12.2 Å². The van der Waals surface area contributed by atoms with Gasteiger partial charge in [-0.1, -0.05) is 12.2 Å². The summed E-state index contributed by atoms with van der Waals surface area (Å²) in [5, 5.41) is 3.61. The van der Waals surface area contributed by atoms with E-state index in [1.54, 1.807) is 0 Å². The molecule has 0 aliphatic heterocycles.